The topological polar surface area (TPSA) is 23.8 Å². The summed E-state index contributed by atoms with van der Waals surface area (Å²) in [6.45, 7) is 3.76. The van der Waals surface area contributed by atoms with Crippen molar-refractivity contribution < 1.29 is 44.1 Å². The second kappa shape index (κ2) is 5.71. The molecule has 3 heteroatoms. The second-order valence-corrected chi connectivity index (χ2v) is 3.72. The SMILES string of the molecule is CC(C)([NH-])c1ccc(CCl)cc1.[Ac]. The molecule has 0 saturated heterocycles. The van der Waals surface area contributed by atoms with E-state index in [-0.39, 0.29) is 44.1 Å². The summed E-state index contributed by atoms with van der Waals surface area (Å²) in [5.41, 5.74) is 9.38. The van der Waals surface area contributed by atoms with E-state index in [4.69, 9.17) is 17.3 Å². The van der Waals surface area contributed by atoms with Gasteiger partial charge < -0.3 is 5.73 Å². The van der Waals surface area contributed by atoms with Crippen LogP contribution in [0.5, 0.6) is 0 Å². The molecule has 0 fully saturated rings. The van der Waals surface area contributed by atoms with E-state index >= 15 is 0 Å². The zero-order valence-corrected chi connectivity index (χ0v) is 13.5. The van der Waals surface area contributed by atoms with Gasteiger partial charge in [-0.1, -0.05) is 43.7 Å². The summed E-state index contributed by atoms with van der Waals surface area (Å²) in [6, 6.07) is 7.87. The molecule has 0 aliphatic carbocycles. The van der Waals surface area contributed by atoms with Gasteiger partial charge in [-0.15, -0.1) is 17.1 Å². The van der Waals surface area contributed by atoms with Crippen LogP contribution >= 0.6 is 11.6 Å². The van der Waals surface area contributed by atoms with E-state index < -0.39 is 5.54 Å². The summed E-state index contributed by atoms with van der Waals surface area (Å²) in [5.74, 6) is 0.540. The first-order valence-electron chi connectivity index (χ1n) is 3.94. The fourth-order valence-corrected chi connectivity index (χ4v) is 1.19. The molecule has 1 nitrogen and oxygen atoms in total. The predicted octanol–water partition coefficient (Wildman–Crippen LogP) is 3.71. The summed E-state index contributed by atoms with van der Waals surface area (Å²) in [6.07, 6.45) is 0. The van der Waals surface area contributed by atoms with E-state index in [1.54, 1.807) is 0 Å². The summed E-state index contributed by atoms with van der Waals surface area (Å²) >= 11 is 5.65. The number of hydrogen-bond donors (Lipinski definition) is 0. The maximum Gasteiger partial charge on any atom is 0.0474 e. The Morgan fingerprint density at radius 2 is 1.69 bits per heavy atom. The van der Waals surface area contributed by atoms with Crippen LogP contribution in [0.2, 0.25) is 0 Å². The summed E-state index contributed by atoms with van der Waals surface area (Å²) in [5, 5.41) is 0. The van der Waals surface area contributed by atoms with Crippen LogP contribution in [0.3, 0.4) is 0 Å². The zero-order chi connectivity index (χ0) is 9.19. The quantitative estimate of drug-likeness (QED) is 0.665. The van der Waals surface area contributed by atoms with Crippen LogP contribution in [0.15, 0.2) is 24.3 Å². The molecule has 0 aliphatic heterocycles. The first-order valence-corrected chi connectivity index (χ1v) is 4.48. The predicted molar refractivity (Wildman–Crippen MR) is 53.3 cm³/mol. The van der Waals surface area contributed by atoms with Gasteiger partial charge >= 0.3 is 0 Å². The summed E-state index contributed by atoms with van der Waals surface area (Å²) < 4.78 is 0. The van der Waals surface area contributed by atoms with Gasteiger partial charge in [-0.2, -0.15) is 0 Å². The van der Waals surface area contributed by atoms with Gasteiger partial charge in [-0.3, -0.25) is 0 Å². The van der Waals surface area contributed by atoms with E-state index in [0.29, 0.717) is 5.88 Å². The Balaban J connectivity index is 0.00000144. The average molecular weight is 410 g/mol. The van der Waals surface area contributed by atoms with Gasteiger partial charge in [0.25, 0.3) is 0 Å². The Labute approximate surface area is 121 Å². The molecule has 1 aromatic rings. The second-order valence-electron chi connectivity index (χ2n) is 3.46. The van der Waals surface area contributed by atoms with Gasteiger partial charge in [0.2, 0.25) is 0 Å². The first kappa shape index (κ1) is 13.9. The fourth-order valence-electron chi connectivity index (χ4n) is 1.01. The first-order chi connectivity index (χ1) is 5.54. The molecule has 0 amide bonds. The molecule has 1 rings (SSSR count). The van der Waals surface area contributed by atoms with Crippen molar-refractivity contribution in [3.63, 3.8) is 0 Å². The molecule has 0 bridgehead atoms. The smallest absolute Gasteiger partial charge is 0.0474 e. The number of halogens is 1. The normalized spacial score (nSPS) is 10.8. The largest absolute Gasteiger partial charge is 0.669 e. The van der Waals surface area contributed by atoms with Crippen LogP contribution in [-0.4, -0.2) is 0 Å². The van der Waals surface area contributed by atoms with Crippen molar-refractivity contribution in [2.24, 2.45) is 0 Å². The maximum absolute atomic E-state index is 7.77. The molecule has 0 atom stereocenters. The monoisotopic (exact) mass is 409 g/mol. The Kier molecular flexibility index (Phi) is 6.11. The minimum absolute atomic E-state index is 0. The molecular formula is C10H13AcClN-. The molecule has 1 aromatic carbocycles. The van der Waals surface area contributed by atoms with Gasteiger partial charge in [0, 0.05) is 49.9 Å². The van der Waals surface area contributed by atoms with Gasteiger partial charge in [0.1, 0.15) is 0 Å². The van der Waals surface area contributed by atoms with Gasteiger partial charge in [0.05, 0.1) is 0 Å². The molecule has 0 spiro atoms. The van der Waals surface area contributed by atoms with Crippen molar-refractivity contribution >= 4 is 11.6 Å². The third-order valence-corrected chi connectivity index (χ3v) is 2.14. The van der Waals surface area contributed by atoms with Crippen molar-refractivity contribution in [1.29, 1.82) is 0 Å². The molecule has 1 radical (unpaired) electrons. The minimum Gasteiger partial charge on any atom is -0.669 e. The zero-order valence-electron chi connectivity index (χ0n) is 7.97. The van der Waals surface area contributed by atoms with Gasteiger partial charge in [-0.05, 0) is 5.56 Å². The third-order valence-electron chi connectivity index (χ3n) is 1.83. The van der Waals surface area contributed by atoms with Crippen LogP contribution in [-0.2, 0) is 11.4 Å². The van der Waals surface area contributed by atoms with Gasteiger partial charge in [0.15, 0.2) is 0 Å². The number of hydrogen-bond acceptors (Lipinski definition) is 0. The molecule has 0 aliphatic rings. The number of nitrogens with one attached hydrogen (secondary N) is 1. The van der Waals surface area contributed by atoms with E-state index in [1.807, 2.05) is 38.1 Å². The Morgan fingerprint density at radius 3 is 2.00 bits per heavy atom. The molecule has 1 N–H and O–H groups in total. The van der Waals surface area contributed by atoms with Crippen molar-refractivity contribution in [2.45, 2.75) is 25.3 Å². The van der Waals surface area contributed by atoms with Crippen LogP contribution in [0.1, 0.15) is 25.0 Å². The average Bonchev–Trinajstić information content (AvgIpc) is 2.03. The summed E-state index contributed by atoms with van der Waals surface area (Å²) in [4.78, 5) is 0. The molecule has 0 saturated carbocycles. The van der Waals surface area contributed by atoms with E-state index in [1.165, 1.54) is 0 Å². The van der Waals surface area contributed by atoms with Crippen molar-refractivity contribution in [2.75, 3.05) is 0 Å². The Morgan fingerprint density at radius 1 is 1.23 bits per heavy atom. The number of alkyl halides is 1. The molecule has 0 aromatic heterocycles. The van der Waals surface area contributed by atoms with Crippen molar-refractivity contribution in [3.8, 4) is 0 Å². The molecule has 13 heavy (non-hydrogen) atoms. The standard InChI is InChI=1S/C10H13ClN.Ac/c1-10(2,12)9-5-3-8(7-11)4-6-9;/h3-6,12H,7H2,1-2H3;/q-1;. The van der Waals surface area contributed by atoms with Gasteiger partial charge in [-0.25, -0.2) is 0 Å². The van der Waals surface area contributed by atoms with E-state index in [0.717, 1.165) is 11.1 Å². The minimum atomic E-state index is -0.509. The Hall–Kier alpha value is 0.912. The summed E-state index contributed by atoms with van der Waals surface area (Å²) in [7, 11) is 0. The molecule has 0 unspecified atom stereocenters. The van der Waals surface area contributed by atoms with Crippen molar-refractivity contribution in [1.82, 2.24) is 0 Å². The van der Waals surface area contributed by atoms with Crippen molar-refractivity contribution in [3.05, 3.63) is 41.1 Å². The molecule has 0 heterocycles. The third kappa shape index (κ3) is 4.30. The maximum atomic E-state index is 7.77. The fraction of sp³-hybridized carbons (Fsp3) is 0.400. The van der Waals surface area contributed by atoms with E-state index in [9.17, 15) is 0 Å². The molecular weight excluding hydrogens is 397 g/mol. The van der Waals surface area contributed by atoms with Crippen LogP contribution in [0.4, 0.5) is 0 Å². The van der Waals surface area contributed by atoms with Crippen LogP contribution in [0.25, 0.3) is 5.73 Å². The Bertz CT molecular complexity index is 251. The number of rotatable bonds is 2. The van der Waals surface area contributed by atoms with E-state index in [2.05, 4.69) is 0 Å². The van der Waals surface area contributed by atoms with Crippen LogP contribution in [0, 0.1) is 44.1 Å². The number of benzene rings is 1. The molecule has 69 valence electrons. The van der Waals surface area contributed by atoms with Crippen LogP contribution < -0.4 is 0 Å².